The lowest BCUT2D eigenvalue weighted by atomic mass is 10.0. The van der Waals surface area contributed by atoms with Crippen LogP contribution in [-0.4, -0.2) is 29.2 Å². The summed E-state index contributed by atoms with van der Waals surface area (Å²) in [4.78, 5) is 20.1. The molecule has 0 spiro atoms. The van der Waals surface area contributed by atoms with E-state index in [4.69, 9.17) is 0 Å². The van der Waals surface area contributed by atoms with Crippen LogP contribution < -0.4 is 5.56 Å². The van der Waals surface area contributed by atoms with E-state index in [2.05, 4.69) is 9.97 Å². The molecule has 3 rings (SSSR count). The van der Waals surface area contributed by atoms with E-state index >= 15 is 0 Å². The smallest absolute Gasteiger partial charge is 0.258 e. The van der Waals surface area contributed by atoms with E-state index in [9.17, 15) is 13.2 Å². The second-order valence-corrected chi connectivity index (χ2v) is 9.69. The lowest BCUT2D eigenvalue weighted by Crippen LogP contribution is -2.34. The largest absolute Gasteiger partial charge is 0.309 e. The minimum Gasteiger partial charge on any atom is -0.309 e. The van der Waals surface area contributed by atoms with Crippen molar-refractivity contribution >= 4 is 20.9 Å². The van der Waals surface area contributed by atoms with Crippen molar-refractivity contribution in [2.24, 2.45) is 0 Å². The van der Waals surface area contributed by atoms with Crippen molar-refractivity contribution in [1.82, 2.24) is 14.3 Å². The highest BCUT2D eigenvalue weighted by atomic mass is 32.2. The Morgan fingerprint density at radius 2 is 1.67 bits per heavy atom. The van der Waals surface area contributed by atoms with Crippen LogP contribution in [0.25, 0.3) is 10.9 Å². The Morgan fingerprint density at radius 3 is 2.30 bits per heavy atom. The van der Waals surface area contributed by atoms with Crippen LogP contribution in [0.3, 0.4) is 0 Å². The first-order valence-corrected chi connectivity index (χ1v) is 11.7. The molecule has 0 saturated heterocycles. The predicted molar refractivity (Wildman–Crippen MR) is 120 cm³/mol. The van der Waals surface area contributed by atoms with E-state index in [1.54, 1.807) is 18.2 Å². The highest BCUT2D eigenvalue weighted by molar-refractivity contribution is 7.89. The van der Waals surface area contributed by atoms with Crippen LogP contribution in [0, 0.1) is 27.7 Å². The van der Waals surface area contributed by atoms with E-state index in [0.717, 1.165) is 35.1 Å². The van der Waals surface area contributed by atoms with Gasteiger partial charge in [-0.15, -0.1) is 0 Å². The minimum atomic E-state index is -3.77. The van der Waals surface area contributed by atoms with Gasteiger partial charge in [-0.3, -0.25) is 4.79 Å². The molecule has 0 radical (unpaired) electrons. The summed E-state index contributed by atoms with van der Waals surface area (Å²) in [6.45, 7) is 9.97. The van der Waals surface area contributed by atoms with Gasteiger partial charge in [0.15, 0.2) is 0 Å². The molecule has 7 heteroatoms. The zero-order chi connectivity index (χ0) is 22.1. The van der Waals surface area contributed by atoms with Crippen LogP contribution in [0.2, 0.25) is 0 Å². The Balaban J connectivity index is 2.10. The Labute approximate surface area is 178 Å². The maximum Gasteiger partial charge on any atom is 0.258 e. The van der Waals surface area contributed by atoms with Crippen LogP contribution in [0.5, 0.6) is 0 Å². The summed E-state index contributed by atoms with van der Waals surface area (Å²) >= 11 is 0. The van der Waals surface area contributed by atoms with E-state index in [1.807, 2.05) is 46.8 Å². The van der Waals surface area contributed by atoms with E-state index < -0.39 is 10.0 Å². The van der Waals surface area contributed by atoms with Crippen LogP contribution in [0.15, 0.2) is 40.0 Å². The number of sulfonamides is 1. The van der Waals surface area contributed by atoms with Crippen LogP contribution in [-0.2, 0) is 16.6 Å². The summed E-state index contributed by atoms with van der Waals surface area (Å²) in [5.41, 5.74) is 3.72. The van der Waals surface area contributed by atoms with Gasteiger partial charge >= 0.3 is 0 Å². The van der Waals surface area contributed by atoms with Crippen LogP contribution in [0.1, 0.15) is 47.8 Å². The summed E-state index contributed by atoms with van der Waals surface area (Å²) in [6, 6.07) is 9.08. The normalized spacial score (nSPS) is 12.1. The monoisotopic (exact) mass is 427 g/mol. The number of benzene rings is 2. The van der Waals surface area contributed by atoms with Crippen molar-refractivity contribution in [1.29, 1.82) is 0 Å². The third kappa shape index (κ3) is 4.18. The van der Waals surface area contributed by atoms with E-state index in [-0.39, 0.29) is 12.1 Å². The Bertz CT molecular complexity index is 1220. The average Bonchev–Trinajstić information content (AvgIpc) is 2.69. The molecule has 2 aromatic carbocycles. The Hall–Kier alpha value is -2.51. The lowest BCUT2D eigenvalue weighted by Gasteiger charge is -2.25. The van der Waals surface area contributed by atoms with Gasteiger partial charge in [-0.25, -0.2) is 13.4 Å². The second kappa shape index (κ2) is 8.70. The van der Waals surface area contributed by atoms with E-state index in [0.29, 0.717) is 28.2 Å². The molecule has 0 amide bonds. The number of hydrogen-bond acceptors (Lipinski definition) is 4. The summed E-state index contributed by atoms with van der Waals surface area (Å²) < 4.78 is 28.9. The maximum atomic E-state index is 13.7. The quantitative estimate of drug-likeness (QED) is 0.614. The van der Waals surface area contributed by atoms with Crippen LogP contribution >= 0.6 is 0 Å². The van der Waals surface area contributed by atoms with Crippen molar-refractivity contribution < 1.29 is 8.42 Å². The molecule has 0 aliphatic heterocycles. The number of aromatic nitrogens is 2. The van der Waals surface area contributed by atoms with Crippen molar-refractivity contribution in [2.75, 3.05) is 6.54 Å². The van der Waals surface area contributed by atoms with Gasteiger partial charge in [-0.2, -0.15) is 4.31 Å². The zero-order valence-corrected chi connectivity index (χ0v) is 19.1. The number of aromatic amines is 1. The van der Waals surface area contributed by atoms with Crippen molar-refractivity contribution in [3.8, 4) is 0 Å². The number of unbranched alkanes of at least 4 members (excludes halogenated alkanes) is 1. The van der Waals surface area contributed by atoms with Crippen molar-refractivity contribution in [3.63, 3.8) is 0 Å². The topological polar surface area (TPSA) is 83.1 Å². The van der Waals surface area contributed by atoms with E-state index in [1.165, 1.54) is 4.31 Å². The SMILES string of the molecule is CCCCN(Cc1nc2ccccc2c(=O)[nH]1)S(=O)(=O)c1c(C)c(C)cc(C)c1C. The highest BCUT2D eigenvalue weighted by Gasteiger charge is 2.29. The van der Waals surface area contributed by atoms with Gasteiger partial charge in [0.1, 0.15) is 5.82 Å². The first kappa shape index (κ1) is 22.2. The predicted octanol–water partition coefficient (Wildman–Crippen LogP) is 4.15. The molecule has 0 fully saturated rings. The minimum absolute atomic E-state index is 0.0221. The van der Waals surface area contributed by atoms with Gasteiger partial charge in [-0.1, -0.05) is 31.5 Å². The molecule has 0 atom stereocenters. The maximum absolute atomic E-state index is 13.7. The van der Waals surface area contributed by atoms with Gasteiger partial charge in [0.25, 0.3) is 5.56 Å². The molecule has 0 unspecified atom stereocenters. The fourth-order valence-electron chi connectivity index (χ4n) is 3.69. The number of hydrogen-bond donors (Lipinski definition) is 1. The summed E-state index contributed by atoms with van der Waals surface area (Å²) in [5.74, 6) is 0.345. The molecular weight excluding hydrogens is 398 g/mol. The molecule has 0 aliphatic carbocycles. The molecule has 30 heavy (non-hydrogen) atoms. The molecule has 6 nitrogen and oxygen atoms in total. The summed E-state index contributed by atoms with van der Waals surface area (Å²) in [6.07, 6.45) is 1.58. The first-order chi connectivity index (χ1) is 14.2. The summed E-state index contributed by atoms with van der Waals surface area (Å²) in [7, 11) is -3.77. The standard InChI is InChI=1S/C23H29N3O3S/c1-6-7-12-26(14-21-24-20-11-9-8-10-19(20)23(27)25-21)30(28,29)22-17(4)15(2)13-16(3)18(22)5/h8-11,13H,6-7,12,14H2,1-5H3,(H,24,25,27). The Kier molecular flexibility index (Phi) is 6.43. The molecule has 1 heterocycles. The van der Waals surface area contributed by atoms with Gasteiger partial charge < -0.3 is 4.98 Å². The highest BCUT2D eigenvalue weighted by Crippen LogP contribution is 2.29. The third-order valence-corrected chi connectivity index (χ3v) is 7.76. The average molecular weight is 428 g/mol. The number of fused-ring (bicyclic) bond motifs is 1. The molecule has 0 saturated carbocycles. The number of H-pyrrole nitrogens is 1. The number of rotatable bonds is 7. The Morgan fingerprint density at radius 1 is 1.03 bits per heavy atom. The molecule has 1 N–H and O–H groups in total. The number of nitrogens with one attached hydrogen (secondary N) is 1. The number of para-hydroxylation sites is 1. The number of nitrogens with zero attached hydrogens (tertiary/aromatic N) is 2. The first-order valence-electron chi connectivity index (χ1n) is 10.2. The molecule has 1 aromatic heterocycles. The molecule has 3 aromatic rings. The molecule has 0 aliphatic rings. The fraction of sp³-hybridized carbons (Fsp3) is 0.391. The fourth-order valence-corrected chi connectivity index (χ4v) is 5.71. The van der Waals surface area contributed by atoms with Crippen molar-refractivity contribution in [2.45, 2.75) is 58.9 Å². The summed E-state index contributed by atoms with van der Waals surface area (Å²) in [5, 5.41) is 0.491. The van der Waals surface area contributed by atoms with Gasteiger partial charge in [0, 0.05) is 6.54 Å². The van der Waals surface area contributed by atoms with Crippen molar-refractivity contribution in [3.05, 3.63) is 68.8 Å². The van der Waals surface area contributed by atoms with Gasteiger partial charge in [0.05, 0.1) is 22.3 Å². The van der Waals surface area contributed by atoms with Gasteiger partial charge in [0.2, 0.25) is 10.0 Å². The molecule has 160 valence electrons. The third-order valence-electron chi connectivity index (χ3n) is 5.64. The molecule has 0 bridgehead atoms. The molecular formula is C23H29N3O3S. The lowest BCUT2D eigenvalue weighted by molar-refractivity contribution is 0.389. The zero-order valence-electron chi connectivity index (χ0n) is 18.2. The van der Waals surface area contributed by atoms with Gasteiger partial charge in [-0.05, 0) is 68.5 Å². The second-order valence-electron chi connectivity index (χ2n) is 7.81. The number of aryl methyl sites for hydroxylation is 2. The van der Waals surface area contributed by atoms with Crippen LogP contribution in [0.4, 0.5) is 0 Å².